The second kappa shape index (κ2) is 6.98. The first kappa shape index (κ1) is 15.9. The second-order valence-corrected chi connectivity index (χ2v) is 4.65. The predicted octanol–water partition coefficient (Wildman–Crippen LogP) is 3.25. The zero-order valence-electron chi connectivity index (χ0n) is 11.9. The Morgan fingerprint density at radius 2 is 1.68 bits per heavy atom. The van der Waals surface area contributed by atoms with Crippen molar-refractivity contribution < 1.29 is 22.7 Å². The monoisotopic (exact) mass is 309 g/mol. The Morgan fingerprint density at radius 1 is 1.05 bits per heavy atom. The Balaban J connectivity index is 1.90. The number of hydrogen-bond acceptors (Lipinski definition) is 2. The van der Waals surface area contributed by atoms with Crippen LogP contribution in [0.2, 0.25) is 0 Å². The number of halogens is 3. The standard InChI is InChI=1S/C16H14F3NO2/c1-20(8-9-22-13-5-2-11(17)3-6-13)16(21)14-7-4-12(18)10-15(14)19/h2-7,10H,8-9H2,1H3. The number of carbonyl (C=O) groups is 1. The van der Waals surface area contributed by atoms with Gasteiger partial charge in [0.05, 0.1) is 12.1 Å². The van der Waals surface area contributed by atoms with Gasteiger partial charge in [-0.3, -0.25) is 4.79 Å². The summed E-state index contributed by atoms with van der Waals surface area (Å²) in [6.07, 6.45) is 0. The van der Waals surface area contributed by atoms with E-state index in [9.17, 15) is 18.0 Å². The van der Waals surface area contributed by atoms with Crippen LogP contribution in [0.5, 0.6) is 5.75 Å². The molecule has 0 aliphatic carbocycles. The summed E-state index contributed by atoms with van der Waals surface area (Å²) in [5, 5.41) is 0. The lowest BCUT2D eigenvalue weighted by atomic mass is 10.2. The maximum Gasteiger partial charge on any atom is 0.256 e. The molecule has 0 fully saturated rings. The summed E-state index contributed by atoms with van der Waals surface area (Å²) >= 11 is 0. The fourth-order valence-corrected chi connectivity index (χ4v) is 1.80. The molecule has 1 amide bonds. The SMILES string of the molecule is CN(CCOc1ccc(F)cc1)C(=O)c1ccc(F)cc1F. The first-order valence-corrected chi connectivity index (χ1v) is 6.56. The molecule has 0 aromatic heterocycles. The van der Waals surface area contributed by atoms with E-state index in [-0.39, 0.29) is 24.5 Å². The second-order valence-electron chi connectivity index (χ2n) is 4.65. The Hall–Kier alpha value is -2.50. The minimum atomic E-state index is -0.906. The lowest BCUT2D eigenvalue weighted by Gasteiger charge is -2.18. The Kier molecular flexibility index (Phi) is 5.04. The molecule has 22 heavy (non-hydrogen) atoms. The molecule has 3 nitrogen and oxygen atoms in total. The molecule has 2 rings (SSSR count). The van der Waals surface area contributed by atoms with Crippen LogP contribution < -0.4 is 4.74 Å². The van der Waals surface area contributed by atoms with Crippen molar-refractivity contribution in [2.45, 2.75) is 0 Å². The van der Waals surface area contributed by atoms with E-state index in [2.05, 4.69) is 0 Å². The van der Waals surface area contributed by atoms with Crippen LogP contribution in [0.1, 0.15) is 10.4 Å². The lowest BCUT2D eigenvalue weighted by Crippen LogP contribution is -2.31. The average Bonchev–Trinajstić information content (AvgIpc) is 2.48. The highest BCUT2D eigenvalue weighted by atomic mass is 19.1. The molecule has 2 aromatic rings. The highest BCUT2D eigenvalue weighted by molar-refractivity contribution is 5.94. The number of nitrogens with zero attached hydrogens (tertiary/aromatic N) is 1. The van der Waals surface area contributed by atoms with Gasteiger partial charge in [-0.2, -0.15) is 0 Å². The number of hydrogen-bond donors (Lipinski definition) is 0. The normalized spacial score (nSPS) is 10.4. The van der Waals surface area contributed by atoms with Gasteiger partial charge in [-0.1, -0.05) is 0 Å². The molecule has 116 valence electrons. The quantitative estimate of drug-likeness (QED) is 0.848. The minimum Gasteiger partial charge on any atom is -0.492 e. The molecule has 0 spiro atoms. The van der Waals surface area contributed by atoms with Gasteiger partial charge in [0.1, 0.15) is 29.8 Å². The molecule has 0 heterocycles. The number of likely N-dealkylation sites (N-methyl/N-ethyl adjacent to an activating group) is 1. The molecule has 0 atom stereocenters. The van der Waals surface area contributed by atoms with Crippen LogP contribution in [-0.2, 0) is 0 Å². The molecule has 0 saturated heterocycles. The largest absolute Gasteiger partial charge is 0.492 e. The third-order valence-corrected chi connectivity index (χ3v) is 3.02. The summed E-state index contributed by atoms with van der Waals surface area (Å²) in [7, 11) is 1.49. The predicted molar refractivity (Wildman–Crippen MR) is 75.2 cm³/mol. The van der Waals surface area contributed by atoms with E-state index in [1.165, 1.54) is 36.2 Å². The van der Waals surface area contributed by atoms with Gasteiger partial charge in [0.15, 0.2) is 0 Å². The van der Waals surface area contributed by atoms with Gasteiger partial charge in [0.25, 0.3) is 5.91 Å². The fourth-order valence-electron chi connectivity index (χ4n) is 1.80. The molecule has 0 radical (unpaired) electrons. The molecule has 6 heteroatoms. The molecular formula is C16H14F3NO2. The molecule has 0 N–H and O–H groups in total. The Bertz CT molecular complexity index is 659. The van der Waals surface area contributed by atoms with Crippen LogP contribution >= 0.6 is 0 Å². The zero-order valence-corrected chi connectivity index (χ0v) is 11.9. The molecule has 0 unspecified atom stereocenters. The van der Waals surface area contributed by atoms with Crippen LogP contribution in [0.3, 0.4) is 0 Å². The van der Waals surface area contributed by atoms with Crippen molar-refractivity contribution >= 4 is 5.91 Å². The molecule has 0 aliphatic heterocycles. The van der Waals surface area contributed by atoms with Gasteiger partial charge in [-0.25, -0.2) is 13.2 Å². The van der Waals surface area contributed by atoms with Gasteiger partial charge in [-0.15, -0.1) is 0 Å². The summed E-state index contributed by atoms with van der Waals surface area (Å²) in [5.41, 5.74) is -0.203. The number of carbonyl (C=O) groups excluding carboxylic acids is 1. The van der Waals surface area contributed by atoms with Crippen molar-refractivity contribution in [2.24, 2.45) is 0 Å². The van der Waals surface area contributed by atoms with E-state index in [4.69, 9.17) is 4.74 Å². The topological polar surface area (TPSA) is 29.5 Å². The summed E-state index contributed by atoms with van der Waals surface area (Å²) in [4.78, 5) is 13.3. The van der Waals surface area contributed by atoms with E-state index in [0.717, 1.165) is 12.1 Å². The van der Waals surface area contributed by atoms with Crippen LogP contribution in [0.25, 0.3) is 0 Å². The average molecular weight is 309 g/mol. The smallest absolute Gasteiger partial charge is 0.256 e. The Morgan fingerprint density at radius 3 is 2.32 bits per heavy atom. The van der Waals surface area contributed by atoms with Gasteiger partial charge >= 0.3 is 0 Å². The lowest BCUT2D eigenvalue weighted by molar-refractivity contribution is 0.0769. The van der Waals surface area contributed by atoms with E-state index in [0.29, 0.717) is 11.8 Å². The van der Waals surface area contributed by atoms with Crippen LogP contribution in [0.15, 0.2) is 42.5 Å². The van der Waals surface area contributed by atoms with Crippen molar-refractivity contribution in [3.05, 3.63) is 65.5 Å². The fraction of sp³-hybridized carbons (Fsp3) is 0.188. The van der Waals surface area contributed by atoms with Gasteiger partial charge in [0, 0.05) is 13.1 Å². The summed E-state index contributed by atoms with van der Waals surface area (Å²) < 4.78 is 44.4. The maximum atomic E-state index is 13.5. The summed E-state index contributed by atoms with van der Waals surface area (Å²) in [6, 6.07) is 8.25. The van der Waals surface area contributed by atoms with E-state index in [1.54, 1.807) is 0 Å². The third kappa shape index (κ3) is 4.00. The van der Waals surface area contributed by atoms with Gasteiger partial charge < -0.3 is 9.64 Å². The first-order valence-electron chi connectivity index (χ1n) is 6.56. The Labute approximate surface area is 125 Å². The van der Waals surface area contributed by atoms with Crippen molar-refractivity contribution in [3.8, 4) is 5.75 Å². The van der Waals surface area contributed by atoms with Crippen molar-refractivity contribution in [1.82, 2.24) is 4.90 Å². The maximum absolute atomic E-state index is 13.5. The number of ether oxygens (including phenoxy) is 1. The van der Waals surface area contributed by atoms with Crippen LogP contribution in [0, 0.1) is 17.5 Å². The van der Waals surface area contributed by atoms with Crippen molar-refractivity contribution in [1.29, 1.82) is 0 Å². The molecule has 2 aromatic carbocycles. The zero-order chi connectivity index (χ0) is 16.1. The van der Waals surface area contributed by atoms with Crippen molar-refractivity contribution in [2.75, 3.05) is 20.2 Å². The summed E-state index contributed by atoms with van der Waals surface area (Å²) in [6.45, 7) is 0.365. The highest BCUT2D eigenvalue weighted by Gasteiger charge is 2.16. The number of amides is 1. The highest BCUT2D eigenvalue weighted by Crippen LogP contribution is 2.13. The number of rotatable bonds is 5. The minimum absolute atomic E-state index is 0.163. The van der Waals surface area contributed by atoms with E-state index < -0.39 is 17.5 Å². The van der Waals surface area contributed by atoms with Crippen molar-refractivity contribution in [3.63, 3.8) is 0 Å². The van der Waals surface area contributed by atoms with Crippen LogP contribution in [-0.4, -0.2) is 31.0 Å². The van der Waals surface area contributed by atoms with Gasteiger partial charge in [-0.05, 0) is 36.4 Å². The molecule has 0 aliphatic rings. The van der Waals surface area contributed by atoms with E-state index >= 15 is 0 Å². The first-order chi connectivity index (χ1) is 10.5. The summed E-state index contributed by atoms with van der Waals surface area (Å²) in [5.74, 6) is -2.12. The van der Waals surface area contributed by atoms with Gasteiger partial charge in [0.2, 0.25) is 0 Å². The number of benzene rings is 2. The van der Waals surface area contributed by atoms with Crippen LogP contribution in [0.4, 0.5) is 13.2 Å². The molecular weight excluding hydrogens is 295 g/mol. The third-order valence-electron chi connectivity index (χ3n) is 3.02. The van der Waals surface area contributed by atoms with E-state index in [1.807, 2.05) is 0 Å². The molecule has 0 saturated carbocycles. The molecule has 0 bridgehead atoms.